The monoisotopic (exact) mass is 306 g/mol. The van der Waals surface area contributed by atoms with Crippen molar-refractivity contribution in [3.05, 3.63) is 29.8 Å². The number of carbonyl (C=O) groups is 1. The third kappa shape index (κ3) is 4.37. The Balaban J connectivity index is 1.93. The number of likely N-dealkylation sites (N-methyl/N-ethyl adjacent to an activating group) is 1. The van der Waals surface area contributed by atoms with E-state index in [1.807, 2.05) is 24.3 Å². The fraction of sp³-hybridized carbons (Fsp3) is 0.588. The van der Waals surface area contributed by atoms with Crippen molar-refractivity contribution in [3.8, 4) is 5.75 Å². The summed E-state index contributed by atoms with van der Waals surface area (Å²) in [6.07, 6.45) is 4.98. The van der Waals surface area contributed by atoms with Crippen molar-refractivity contribution in [2.45, 2.75) is 51.3 Å². The smallest absolute Gasteiger partial charge is 0.317 e. The standard InChI is InChI=1S/C17H26N2O3/c1-13(12-20)19(2)17(21)18-11-14-7-3-6-10-16(14)22-15-8-4-5-9-15/h3,6-7,10,13,15,20H,4-5,8-9,11-12H2,1-2H3,(H,18,21). The van der Waals surface area contributed by atoms with Crippen LogP contribution in [0.15, 0.2) is 24.3 Å². The van der Waals surface area contributed by atoms with Gasteiger partial charge in [0.2, 0.25) is 0 Å². The number of amides is 2. The van der Waals surface area contributed by atoms with Gasteiger partial charge in [0.25, 0.3) is 0 Å². The van der Waals surface area contributed by atoms with Gasteiger partial charge < -0.3 is 20.1 Å². The summed E-state index contributed by atoms with van der Waals surface area (Å²) in [6.45, 7) is 2.17. The molecule has 0 aromatic heterocycles. The second kappa shape index (κ2) is 8.03. The van der Waals surface area contributed by atoms with Crippen LogP contribution < -0.4 is 10.1 Å². The van der Waals surface area contributed by atoms with Crippen molar-refractivity contribution in [2.75, 3.05) is 13.7 Å². The molecule has 1 unspecified atom stereocenters. The van der Waals surface area contributed by atoms with Crippen LogP contribution in [0.25, 0.3) is 0 Å². The number of rotatable bonds is 6. The highest BCUT2D eigenvalue weighted by Gasteiger charge is 2.18. The molecule has 1 aliphatic carbocycles. The first-order valence-corrected chi connectivity index (χ1v) is 7.98. The number of para-hydroxylation sites is 1. The molecular weight excluding hydrogens is 280 g/mol. The van der Waals surface area contributed by atoms with Crippen LogP contribution in [-0.4, -0.2) is 41.8 Å². The van der Waals surface area contributed by atoms with E-state index in [2.05, 4.69) is 5.32 Å². The molecule has 1 saturated carbocycles. The Morgan fingerprint density at radius 2 is 2.09 bits per heavy atom. The molecule has 1 aromatic carbocycles. The van der Waals surface area contributed by atoms with E-state index >= 15 is 0 Å². The third-order valence-electron chi connectivity index (χ3n) is 4.24. The van der Waals surface area contributed by atoms with Gasteiger partial charge in [-0.3, -0.25) is 0 Å². The van der Waals surface area contributed by atoms with Crippen LogP contribution in [0.5, 0.6) is 5.75 Å². The summed E-state index contributed by atoms with van der Waals surface area (Å²) < 4.78 is 6.06. The molecule has 0 aliphatic heterocycles. The summed E-state index contributed by atoms with van der Waals surface area (Å²) in [7, 11) is 1.68. The van der Waals surface area contributed by atoms with Gasteiger partial charge >= 0.3 is 6.03 Å². The number of carbonyl (C=O) groups excluding carboxylic acids is 1. The van der Waals surface area contributed by atoms with E-state index in [0.29, 0.717) is 12.6 Å². The van der Waals surface area contributed by atoms with E-state index < -0.39 is 0 Å². The van der Waals surface area contributed by atoms with Gasteiger partial charge in [-0.05, 0) is 38.7 Å². The average Bonchev–Trinajstić information content (AvgIpc) is 3.05. The summed E-state index contributed by atoms with van der Waals surface area (Å²) in [6, 6.07) is 7.43. The number of benzene rings is 1. The number of nitrogens with one attached hydrogen (secondary N) is 1. The van der Waals surface area contributed by atoms with Gasteiger partial charge in [0.05, 0.1) is 18.8 Å². The summed E-state index contributed by atoms with van der Waals surface area (Å²) in [5.74, 6) is 0.854. The van der Waals surface area contributed by atoms with Crippen LogP contribution in [-0.2, 0) is 6.54 Å². The minimum absolute atomic E-state index is 0.0503. The lowest BCUT2D eigenvalue weighted by atomic mass is 10.2. The molecular formula is C17H26N2O3. The van der Waals surface area contributed by atoms with Crippen molar-refractivity contribution in [1.29, 1.82) is 0 Å². The van der Waals surface area contributed by atoms with Crippen LogP contribution in [0.2, 0.25) is 0 Å². The van der Waals surface area contributed by atoms with Gasteiger partial charge in [0.1, 0.15) is 5.75 Å². The van der Waals surface area contributed by atoms with Gasteiger partial charge in [-0.15, -0.1) is 0 Å². The minimum Gasteiger partial charge on any atom is -0.490 e. The number of aliphatic hydroxyl groups excluding tert-OH is 1. The maximum Gasteiger partial charge on any atom is 0.317 e. The highest BCUT2D eigenvalue weighted by Crippen LogP contribution is 2.26. The fourth-order valence-electron chi connectivity index (χ4n) is 2.57. The molecule has 1 atom stereocenters. The lowest BCUT2D eigenvalue weighted by Crippen LogP contribution is -2.43. The molecule has 0 radical (unpaired) electrons. The van der Waals surface area contributed by atoms with Gasteiger partial charge in [0.15, 0.2) is 0 Å². The van der Waals surface area contributed by atoms with Crippen molar-refractivity contribution in [1.82, 2.24) is 10.2 Å². The molecule has 5 nitrogen and oxygen atoms in total. The lowest BCUT2D eigenvalue weighted by molar-refractivity contribution is 0.157. The lowest BCUT2D eigenvalue weighted by Gasteiger charge is -2.24. The molecule has 0 bridgehead atoms. The summed E-state index contributed by atoms with van der Waals surface area (Å²) >= 11 is 0. The number of aliphatic hydroxyl groups is 1. The topological polar surface area (TPSA) is 61.8 Å². The van der Waals surface area contributed by atoms with Crippen LogP contribution >= 0.6 is 0 Å². The molecule has 0 heterocycles. The number of urea groups is 1. The highest BCUT2D eigenvalue weighted by atomic mass is 16.5. The molecule has 122 valence electrons. The van der Waals surface area contributed by atoms with Crippen molar-refractivity contribution in [3.63, 3.8) is 0 Å². The van der Waals surface area contributed by atoms with Crippen molar-refractivity contribution in [2.24, 2.45) is 0 Å². The second-order valence-corrected chi connectivity index (χ2v) is 5.93. The molecule has 2 N–H and O–H groups in total. The Kier molecular flexibility index (Phi) is 6.07. The van der Waals surface area contributed by atoms with Gasteiger partial charge in [-0.25, -0.2) is 4.79 Å². The van der Waals surface area contributed by atoms with E-state index in [0.717, 1.165) is 24.2 Å². The zero-order valence-electron chi connectivity index (χ0n) is 13.4. The Labute approximate surface area is 132 Å². The first kappa shape index (κ1) is 16.6. The highest BCUT2D eigenvalue weighted by molar-refractivity contribution is 5.74. The molecule has 2 rings (SSSR count). The second-order valence-electron chi connectivity index (χ2n) is 5.93. The largest absolute Gasteiger partial charge is 0.490 e. The van der Waals surface area contributed by atoms with Gasteiger partial charge in [-0.1, -0.05) is 18.2 Å². The SMILES string of the molecule is CC(CO)N(C)C(=O)NCc1ccccc1OC1CCCC1. The summed E-state index contributed by atoms with van der Waals surface area (Å²) in [5, 5.41) is 12.0. The molecule has 0 saturated heterocycles. The Bertz CT molecular complexity index is 487. The van der Waals surface area contributed by atoms with E-state index in [1.165, 1.54) is 17.7 Å². The zero-order chi connectivity index (χ0) is 15.9. The van der Waals surface area contributed by atoms with Crippen LogP contribution in [0.3, 0.4) is 0 Å². The molecule has 1 aliphatic rings. The van der Waals surface area contributed by atoms with E-state index in [-0.39, 0.29) is 18.7 Å². The number of nitrogens with zero attached hydrogens (tertiary/aromatic N) is 1. The van der Waals surface area contributed by atoms with E-state index in [1.54, 1.807) is 14.0 Å². The summed E-state index contributed by atoms with van der Waals surface area (Å²) in [4.78, 5) is 13.5. The minimum atomic E-state index is -0.204. The molecule has 2 amide bonds. The maximum atomic E-state index is 12.0. The van der Waals surface area contributed by atoms with Crippen LogP contribution in [0.1, 0.15) is 38.2 Å². The maximum absolute atomic E-state index is 12.0. The van der Waals surface area contributed by atoms with Gasteiger partial charge in [-0.2, -0.15) is 0 Å². The van der Waals surface area contributed by atoms with E-state index in [9.17, 15) is 4.79 Å². The van der Waals surface area contributed by atoms with Crippen LogP contribution in [0, 0.1) is 0 Å². The zero-order valence-corrected chi connectivity index (χ0v) is 13.4. The molecule has 0 spiro atoms. The van der Waals surface area contributed by atoms with Crippen molar-refractivity contribution < 1.29 is 14.6 Å². The number of hydrogen-bond acceptors (Lipinski definition) is 3. The average molecular weight is 306 g/mol. The van der Waals surface area contributed by atoms with Crippen LogP contribution in [0.4, 0.5) is 4.79 Å². The fourth-order valence-corrected chi connectivity index (χ4v) is 2.57. The predicted molar refractivity (Wildman–Crippen MR) is 85.9 cm³/mol. The third-order valence-corrected chi connectivity index (χ3v) is 4.24. The first-order valence-electron chi connectivity index (χ1n) is 7.98. The van der Waals surface area contributed by atoms with Gasteiger partial charge in [0, 0.05) is 19.2 Å². The Morgan fingerprint density at radius 1 is 1.41 bits per heavy atom. The normalized spacial score (nSPS) is 16.3. The molecule has 5 heteroatoms. The van der Waals surface area contributed by atoms with E-state index in [4.69, 9.17) is 9.84 Å². The molecule has 1 aromatic rings. The number of hydrogen-bond donors (Lipinski definition) is 2. The Hall–Kier alpha value is -1.75. The quantitative estimate of drug-likeness (QED) is 0.849. The molecule has 1 fully saturated rings. The predicted octanol–water partition coefficient (Wildman–Crippen LogP) is 2.53. The summed E-state index contributed by atoms with van der Waals surface area (Å²) in [5.41, 5.74) is 0.979. The first-order chi connectivity index (χ1) is 10.6. The Morgan fingerprint density at radius 3 is 2.77 bits per heavy atom. The molecule has 22 heavy (non-hydrogen) atoms. The number of ether oxygens (including phenoxy) is 1. The van der Waals surface area contributed by atoms with Crippen molar-refractivity contribution >= 4 is 6.03 Å².